The number of aldehydes is 1. The van der Waals surface area contributed by atoms with Gasteiger partial charge >= 0.3 is 0 Å². The smallest absolute Gasteiger partial charge is 0.144 e. The first-order valence-electron chi connectivity index (χ1n) is 2.49. The number of allylic oxidation sites excluding steroid dienone is 2. The van der Waals surface area contributed by atoms with Gasteiger partial charge in [0.2, 0.25) is 0 Å². The molecule has 0 aliphatic rings. The van der Waals surface area contributed by atoms with E-state index < -0.39 is 0 Å². The minimum absolute atomic E-state index is 0.266. The number of rotatable bonds is 2. The number of hydrogen-bond donors (Lipinski definition) is 0. The fourth-order valence-corrected chi connectivity index (χ4v) is 0.309. The summed E-state index contributed by atoms with van der Waals surface area (Å²) in [6.07, 6.45) is 2.06. The number of hydrogen-bond acceptors (Lipinski definition) is 1. The molecule has 2 heteroatoms. The molecular weight excluding hydrogens is 124 g/mol. The van der Waals surface area contributed by atoms with Gasteiger partial charge in [0.15, 0.2) is 0 Å². The zero-order chi connectivity index (χ0) is 6.57. The molecule has 0 heterocycles. The fraction of sp³-hybridized carbons (Fsp3) is 0.500. The zero-order valence-corrected chi connectivity index (χ0v) is 5.77. The Bertz CT molecular complexity index is 105. The highest BCUT2D eigenvalue weighted by atomic mass is 35.5. The van der Waals surface area contributed by atoms with Crippen molar-refractivity contribution in [2.75, 3.05) is 0 Å². The monoisotopic (exact) mass is 132 g/mol. The number of carbonyl (C=O) groups excluding carboxylic acids is 1. The Morgan fingerprint density at radius 3 is 2.25 bits per heavy atom. The molecule has 0 fully saturated rings. The second-order valence-electron chi connectivity index (χ2n) is 1.84. The van der Waals surface area contributed by atoms with Crippen LogP contribution in [0.3, 0.4) is 0 Å². The summed E-state index contributed by atoms with van der Waals surface area (Å²) in [5.41, 5.74) is 0. The molecule has 0 N–H and O–H groups in total. The summed E-state index contributed by atoms with van der Waals surface area (Å²) in [6, 6.07) is 0. The fourth-order valence-electron chi connectivity index (χ4n) is 0.257. The summed E-state index contributed by atoms with van der Waals surface area (Å²) in [6.45, 7) is 3.87. The molecule has 0 saturated heterocycles. The SMILES string of the molecule is CC(C)/C(Cl)=C/C=O. The third-order valence-corrected chi connectivity index (χ3v) is 1.34. The average Bonchev–Trinajstić information content (AvgIpc) is 1.67. The predicted molar refractivity (Wildman–Crippen MR) is 34.8 cm³/mol. The maximum absolute atomic E-state index is 9.76. The molecule has 0 aliphatic carbocycles. The lowest BCUT2D eigenvalue weighted by molar-refractivity contribution is -0.104. The van der Waals surface area contributed by atoms with E-state index in [1.54, 1.807) is 0 Å². The molecule has 8 heavy (non-hydrogen) atoms. The van der Waals surface area contributed by atoms with Crippen LogP contribution in [-0.4, -0.2) is 6.29 Å². The topological polar surface area (TPSA) is 17.1 Å². The molecule has 0 aromatic rings. The van der Waals surface area contributed by atoms with Crippen molar-refractivity contribution < 1.29 is 4.79 Å². The lowest BCUT2D eigenvalue weighted by Gasteiger charge is -1.97. The molecular formula is C6H9ClO. The van der Waals surface area contributed by atoms with Gasteiger partial charge in [0.05, 0.1) is 0 Å². The molecule has 0 atom stereocenters. The molecule has 0 aromatic carbocycles. The molecule has 0 amide bonds. The van der Waals surface area contributed by atoms with Crippen molar-refractivity contribution in [2.24, 2.45) is 5.92 Å². The normalized spacial score (nSPS) is 12.2. The van der Waals surface area contributed by atoms with E-state index in [-0.39, 0.29) is 5.92 Å². The van der Waals surface area contributed by atoms with Gasteiger partial charge < -0.3 is 0 Å². The standard InChI is InChI=1S/C6H9ClO/c1-5(2)6(7)3-4-8/h3-5H,1-2H3/b6-3-. The van der Waals surface area contributed by atoms with Crippen LogP contribution in [0.4, 0.5) is 0 Å². The van der Waals surface area contributed by atoms with Gasteiger partial charge in [-0.2, -0.15) is 0 Å². The summed E-state index contributed by atoms with van der Waals surface area (Å²) >= 11 is 5.55. The van der Waals surface area contributed by atoms with Crippen molar-refractivity contribution in [3.63, 3.8) is 0 Å². The largest absolute Gasteiger partial charge is 0.299 e. The molecule has 0 aliphatic heterocycles. The molecule has 0 saturated carbocycles. The van der Waals surface area contributed by atoms with Crippen LogP contribution in [-0.2, 0) is 4.79 Å². The van der Waals surface area contributed by atoms with Crippen molar-refractivity contribution in [1.82, 2.24) is 0 Å². The van der Waals surface area contributed by atoms with Crippen LogP contribution < -0.4 is 0 Å². The van der Waals surface area contributed by atoms with E-state index >= 15 is 0 Å². The summed E-state index contributed by atoms with van der Waals surface area (Å²) in [4.78, 5) is 9.76. The molecule has 0 unspecified atom stereocenters. The van der Waals surface area contributed by atoms with Crippen LogP contribution in [0.25, 0.3) is 0 Å². The van der Waals surface area contributed by atoms with Gasteiger partial charge in [0.1, 0.15) is 6.29 Å². The lowest BCUT2D eigenvalue weighted by Crippen LogP contribution is -1.84. The van der Waals surface area contributed by atoms with Crippen LogP contribution in [0, 0.1) is 5.92 Å². The second kappa shape index (κ2) is 3.67. The summed E-state index contributed by atoms with van der Waals surface area (Å²) < 4.78 is 0. The van der Waals surface area contributed by atoms with Crippen molar-refractivity contribution in [1.29, 1.82) is 0 Å². The zero-order valence-electron chi connectivity index (χ0n) is 5.02. The summed E-state index contributed by atoms with van der Waals surface area (Å²) in [7, 11) is 0. The van der Waals surface area contributed by atoms with E-state index in [1.807, 2.05) is 13.8 Å². The van der Waals surface area contributed by atoms with Crippen molar-refractivity contribution in [3.8, 4) is 0 Å². The van der Waals surface area contributed by atoms with E-state index in [2.05, 4.69) is 0 Å². The first-order chi connectivity index (χ1) is 3.68. The maximum Gasteiger partial charge on any atom is 0.144 e. The van der Waals surface area contributed by atoms with Crippen LogP contribution in [0.2, 0.25) is 0 Å². The Morgan fingerprint density at radius 2 is 2.12 bits per heavy atom. The Morgan fingerprint density at radius 1 is 1.62 bits per heavy atom. The second-order valence-corrected chi connectivity index (χ2v) is 2.28. The van der Waals surface area contributed by atoms with Crippen LogP contribution in [0.15, 0.2) is 11.1 Å². The Kier molecular flexibility index (Phi) is 3.53. The third-order valence-electron chi connectivity index (χ3n) is 0.779. The van der Waals surface area contributed by atoms with Gasteiger partial charge in [0, 0.05) is 5.03 Å². The van der Waals surface area contributed by atoms with Gasteiger partial charge in [0.25, 0.3) is 0 Å². The minimum atomic E-state index is 0.266. The first kappa shape index (κ1) is 7.70. The summed E-state index contributed by atoms with van der Waals surface area (Å²) in [5, 5.41) is 0.611. The van der Waals surface area contributed by atoms with E-state index in [4.69, 9.17) is 11.6 Å². The highest BCUT2D eigenvalue weighted by Gasteiger charge is 1.95. The number of halogens is 1. The lowest BCUT2D eigenvalue weighted by atomic mass is 10.2. The maximum atomic E-state index is 9.76. The predicted octanol–water partition coefficient (Wildman–Crippen LogP) is 1.96. The molecule has 0 rings (SSSR count). The first-order valence-corrected chi connectivity index (χ1v) is 2.87. The molecule has 0 aromatic heterocycles. The Labute approximate surface area is 54.3 Å². The highest BCUT2D eigenvalue weighted by Crippen LogP contribution is 2.11. The molecule has 1 nitrogen and oxygen atoms in total. The van der Waals surface area contributed by atoms with Crippen LogP contribution >= 0.6 is 11.6 Å². The van der Waals surface area contributed by atoms with E-state index in [9.17, 15) is 4.79 Å². The van der Waals surface area contributed by atoms with Gasteiger partial charge in [-0.3, -0.25) is 4.79 Å². The highest BCUT2D eigenvalue weighted by molar-refractivity contribution is 6.30. The molecule has 0 radical (unpaired) electrons. The van der Waals surface area contributed by atoms with Crippen molar-refractivity contribution >= 4 is 17.9 Å². The Balaban J connectivity index is 3.78. The van der Waals surface area contributed by atoms with Crippen LogP contribution in [0.5, 0.6) is 0 Å². The van der Waals surface area contributed by atoms with Gasteiger partial charge in [-0.1, -0.05) is 25.4 Å². The summed E-state index contributed by atoms with van der Waals surface area (Å²) in [5.74, 6) is 0.266. The Hall–Kier alpha value is -0.300. The van der Waals surface area contributed by atoms with Crippen molar-refractivity contribution in [3.05, 3.63) is 11.1 Å². The van der Waals surface area contributed by atoms with Gasteiger partial charge in [-0.25, -0.2) is 0 Å². The van der Waals surface area contributed by atoms with Crippen molar-refractivity contribution in [2.45, 2.75) is 13.8 Å². The van der Waals surface area contributed by atoms with Gasteiger partial charge in [-0.15, -0.1) is 0 Å². The van der Waals surface area contributed by atoms with Crippen LogP contribution in [0.1, 0.15) is 13.8 Å². The molecule has 46 valence electrons. The number of carbonyl (C=O) groups is 1. The molecule has 0 bridgehead atoms. The van der Waals surface area contributed by atoms with E-state index in [0.717, 1.165) is 0 Å². The van der Waals surface area contributed by atoms with Gasteiger partial charge in [-0.05, 0) is 12.0 Å². The van der Waals surface area contributed by atoms with E-state index in [1.165, 1.54) is 6.08 Å². The molecule has 0 spiro atoms. The quantitative estimate of drug-likeness (QED) is 0.415. The van der Waals surface area contributed by atoms with E-state index in [0.29, 0.717) is 11.3 Å². The third kappa shape index (κ3) is 2.80. The average molecular weight is 133 g/mol. The minimum Gasteiger partial charge on any atom is -0.299 e.